The number of benzene rings is 1. The Morgan fingerprint density at radius 2 is 2.21 bits per heavy atom. The van der Waals surface area contributed by atoms with Crippen LogP contribution >= 0.6 is 27.5 Å². The second-order valence-corrected chi connectivity index (χ2v) is 5.01. The van der Waals surface area contributed by atoms with Crippen molar-refractivity contribution in [1.29, 1.82) is 0 Å². The molecule has 1 aliphatic carbocycles. The van der Waals surface area contributed by atoms with Crippen molar-refractivity contribution in [2.45, 2.75) is 18.3 Å². The fraction of sp³-hybridized carbons (Fsp3) is 0.400. The van der Waals surface area contributed by atoms with Crippen molar-refractivity contribution >= 4 is 27.5 Å². The zero-order valence-electron chi connectivity index (χ0n) is 7.59. The summed E-state index contributed by atoms with van der Waals surface area (Å²) in [6.45, 7) is 0.577. The van der Waals surface area contributed by atoms with Crippen molar-refractivity contribution in [2.24, 2.45) is 5.90 Å². The van der Waals surface area contributed by atoms with Crippen molar-refractivity contribution in [2.75, 3.05) is 6.61 Å². The SMILES string of the molecule is NOCC1(c2ccc(Cl)cc2Br)CC1. The van der Waals surface area contributed by atoms with E-state index in [1.54, 1.807) is 0 Å². The minimum absolute atomic E-state index is 0.123. The summed E-state index contributed by atoms with van der Waals surface area (Å²) in [6.07, 6.45) is 2.26. The summed E-state index contributed by atoms with van der Waals surface area (Å²) in [5.74, 6) is 5.13. The molecule has 0 unspecified atom stereocenters. The van der Waals surface area contributed by atoms with Crippen molar-refractivity contribution in [3.8, 4) is 0 Å². The summed E-state index contributed by atoms with van der Waals surface area (Å²) in [5, 5.41) is 0.741. The maximum Gasteiger partial charge on any atom is 0.0776 e. The second kappa shape index (κ2) is 3.81. The van der Waals surface area contributed by atoms with Crippen LogP contribution in [0.1, 0.15) is 18.4 Å². The standard InChI is InChI=1S/C10H11BrClNO/c11-9-5-7(12)1-2-8(9)10(3-4-10)6-14-13/h1-2,5H,3-4,6,13H2. The zero-order chi connectivity index (χ0) is 10.2. The van der Waals surface area contributed by atoms with Gasteiger partial charge in [0, 0.05) is 14.9 Å². The summed E-state index contributed by atoms with van der Waals surface area (Å²) in [5.41, 5.74) is 1.37. The molecule has 4 heteroatoms. The Bertz CT molecular complexity index is 352. The average Bonchev–Trinajstić information content (AvgIpc) is 2.86. The fourth-order valence-electron chi connectivity index (χ4n) is 1.72. The van der Waals surface area contributed by atoms with Gasteiger partial charge < -0.3 is 4.84 Å². The van der Waals surface area contributed by atoms with Gasteiger partial charge in [-0.2, -0.15) is 0 Å². The summed E-state index contributed by atoms with van der Waals surface area (Å²) in [6, 6.07) is 5.85. The minimum atomic E-state index is 0.123. The predicted octanol–water partition coefficient (Wildman–Crippen LogP) is 3.02. The Hall–Kier alpha value is -0.0900. The monoisotopic (exact) mass is 275 g/mol. The summed E-state index contributed by atoms with van der Waals surface area (Å²) in [7, 11) is 0. The first kappa shape index (κ1) is 10.4. The lowest BCUT2D eigenvalue weighted by molar-refractivity contribution is 0.116. The lowest BCUT2D eigenvalue weighted by Gasteiger charge is -2.15. The van der Waals surface area contributed by atoms with Gasteiger partial charge in [-0.15, -0.1) is 0 Å². The normalized spacial score (nSPS) is 18.2. The maximum atomic E-state index is 5.88. The number of nitrogens with two attached hydrogens (primary N) is 1. The van der Waals surface area contributed by atoms with Gasteiger partial charge in [-0.1, -0.05) is 33.6 Å². The molecule has 0 aromatic heterocycles. The van der Waals surface area contributed by atoms with E-state index >= 15 is 0 Å². The topological polar surface area (TPSA) is 35.2 Å². The molecule has 0 bridgehead atoms. The molecule has 2 rings (SSSR count). The molecule has 1 aliphatic rings. The molecule has 1 saturated carbocycles. The fourth-order valence-corrected chi connectivity index (χ4v) is 2.82. The van der Waals surface area contributed by atoms with Gasteiger partial charge in [0.2, 0.25) is 0 Å². The molecule has 14 heavy (non-hydrogen) atoms. The molecule has 0 atom stereocenters. The van der Waals surface area contributed by atoms with Crippen LogP contribution in [0.25, 0.3) is 0 Å². The molecule has 0 heterocycles. The van der Waals surface area contributed by atoms with Gasteiger partial charge in [0.1, 0.15) is 0 Å². The van der Waals surface area contributed by atoms with E-state index in [-0.39, 0.29) is 5.41 Å². The van der Waals surface area contributed by atoms with E-state index in [0.717, 1.165) is 22.3 Å². The number of rotatable bonds is 3. The highest BCUT2D eigenvalue weighted by Gasteiger charge is 2.45. The van der Waals surface area contributed by atoms with E-state index in [9.17, 15) is 0 Å². The van der Waals surface area contributed by atoms with Gasteiger partial charge >= 0.3 is 0 Å². The number of hydrogen-bond donors (Lipinski definition) is 1. The Labute approximate surface area is 96.5 Å². The Morgan fingerprint density at radius 1 is 1.50 bits per heavy atom. The minimum Gasteiger partial charge on any atom is -0.304 e. The van der Waals surface area contributed by atoms with Crippen molar-refractivity contribution in [3.05, 3.63) is 33.3 Å². The first-order chi connectivity index (χ1) is 6.68. The van der Waals surface area contributed by atoms with Gasteiger partial charge in [0.25, 0.3) is 0 Å². The Balaban J connectivity index is 2.32. The molecule has 0 radical (unpaired) electrons. The highest BCUT2D eigenvalue weighted by molar-refractivity contribution is 9.10. The molecule has 1 aromatic rings. The summed E-state index contributed by atoms with van der Waals surface area (Å²) in [4.78, 5) is 4.75. The molecule has 1 aromatic carbocycles. The van der Waals surface area contributed by atoms with Crippen LogP contribution in [-0.2, 0) is 10.3 Å². The van der Waals surface area contributed by atoms with Gasteiger partial charge in [-0.25, -0.2) is 5.90 Å². The first-order valence-corrected chi connectivity index (χ1v) is 5.62. The molecule has 2 nitrogen and oxygen atoms in total. The summed E-state index contributed by atoms with van der Waals surface area (Å²) >= 11 is 9.39. The van der Waals surface area contributed by atoms with Crippen molar-refractivity contribution in [3.63, 3.8) is 0 Å². The second-order valence-electron chi connectivity index (χ2n) is 3.72. The van der Waals surface area contributed by atoms with Crippen molar-refractivity contribution in [1.82, 2.24) is 0 Å². The molecular weight excluding hydrogens is 265 g/mol. The molecule has 0 amide bonds. The van der Waals surface area contributed by atoms with Crippen LogP contribution in [0.15, 0.2) is 22.7 Å². The lowest BCUT2D eigenvalue weighted by Crippen LogP contribution is -2.18. The largest absolute Gasteiger partial charge is 0.304 e. The molecule has 0 aliphatic heterocycles. The molecule has 2 N–H and O–H groups in total. The van der Waals surface area contributed by atoms with Crippen LogP contribution in [0.4, 0.5) is 0 Å². The highest BCUT2D eigenvalue weighted by atomic mass is 79.9. The highest BCUT2D eigenvalue weighted by Crippen LogP contribution is 2.50. The van der Waals surface area contributed by atoms with Crippen LogP contribution in [0, 0.1) is 0 Å². The van der Waals surface area contributed by atoms with Crippen LogP contribution in [0.5, 0.6) is 0 Å². The maximum absolute atomic E-state index is 5.88. The lowest BCUT2D eigenvalue weighted by atomic mass is 9.97. The smallest absolute Gasteiger partial charge is 0.0776 e. The third-order valence-corrected chi connectivity index (χ3v) is 3.61. The van der Waals surface area contributed by atoms with Gasteiger partial charge in [-0.3, -0.25) is 0 Å². The van der Waals surface area contributed by atoms with E-state index in [0.29, 0.717) is 6.61 Å². The number of halogens is 2. The van der Waals surface area contributed by atoms with E-state index in [1.165, 1.54) is 5.56 Å². The van der Waals surface area contributed by atoms with Crippen LogP contribution in [0.3, 0.4) is 0 Å². The van der Waals surface area contributed by atoms with E-state index in [4.69, 9.17) is 22.3 Å². The predicted molar refractivity (Wildman–Crippen MR) is 60.2 cm³/mol. The van der Waals surface area contributed by atoms with Crippen LogP contribution in [0.2, 0.25) is 5.02 Å². The Kier molecular flexibility index (Phi) is 2.84. The number of hydrogen-bond acceptors (Lipinski definition) is 2. The zero-order valence-corrected chi connectivity index (χ0v) is 9.94. The molecule has 1 fully saturated rings. The molecular formula is C10H11BrClNO. The van der Waals surface area contributed by atoms with Crippen LogP contribution in [-0.4, -0.2) is 6.61 Å². The van der Waals surface area contributed by atoms with E-state index in [2.05, 4.69) is 15.9 Å². The Morgan fingerprint density at radius 3 is 2.71 bits per heavy atom. The third kappa shape index (κ3) is 1.82. The molecule has 0 saturated heterocycles. The molecule has 0 spiro atoms. The van der Waals surface area contributed by atoms with Gasteiger partial charge in [-0.05, 0) is 30.5 Å². The quantitative estimate of drug-likeness (QED) is 0.861. The third-order valence-electron chi connectivity index (χ3n) is 2.72. The molecule has 76 valence electrons. The van der Waals surface area contributed by atoms with E-state index in [1.807, 2.05) is 18.2 Å². The first-order valence-electron chi connectivity index (χ1n) is 4.45. The van der Waals surface area contributed by atoms with Gasteiger partial charge in [0.15, 0.2) is 0 Å². The van der Waals surface area contributed by atoms with Crippen molar-refractivity contribution < 1.29 is 4.84 Å². The van der Waals surface area contributed by atoms with Crippen LogP contribution < -0.4 is 5.90 Å². The van der Waals surface area contributed by atoms with Gasteiger partial charge in [0.05, 0.1) is 6.61 Å². The van der Waals surface area contributed by atoms with E-state index < -0.39 is 0 Å². The average molecular weight is 277 g/mol. The summed E-state index contributed by atoms with van der Waals surface area (Å²) < 4.78 is 1.04.